The van der Waals surface area contributed by atoms with Gasteiger partial charge in [-0.2, -0.15) is 0 Å². The highest BCUT2D eigenvalue weighted by atomic mass is 127. The normalized spacial score (nSPS) is 17.4. The van der Waals surface area contributed by atoms with Crippen LogP contribution in [0.1, 0.15) is 38.7 Å². The minimum absolute atomic E-state index is 0. The van der Waals surface area contributed by atoms with Crippen molar-refractivity contribution >= 4 is 41.8 Å². The second-order valence-electron chi connectivity index (χ2n) is 7.41. The molecular formula is C21H35IN6O2. The predicted octanol–water partition coefficient (Wildman–Crippen LogP) is 2.93. The van der Waals surface area contributed by atoms with Crippen molar-refractivity contribution in [2.75, 3.05) is 57.3 Å². The summed E-state index contributed by atoms with van der Waals surface area (Å²) >= 11 is 0. The topological polar surface area (TPSA) is 73.3 Å². The third kappa shape index (κ3) is 6.88. The van der Waals surface area contributed by atoms with Crippen LogP contribution in [-0.2, 0) is 11.3 Å². The van der Waals surface area contributed by atoms with Gasteiger partial charge >= 0.3 is 6.09 Å². The Hall–Kier alpha value is -1.78. The van der Waals surface area contributed by atoms with Crippen LogP contribution in [-0.4, -0.2) is 79.3 Å². The number of rotatable bonds is 5. The third-order valence-electron chi connectivity index (χ3n) is 5.34. The van der Waals surface area contributed by atoms with Crippen LogP contribution in [0.5, 0.6) is 0 Å². The van der Waals surface area contributed by atoms with Crippen LogP contribution in [0.4, 0.5) is 10.6 Å². The highest BCUT2D eigenvalue weighted by Crippen LogP contribution is 2.18. The van der Waals surface area contributed by atoms with Gasteiger partial charge in [0.15, 0.2) is 5.96 Å². The molecule has 2 saturated heterocycles. The van der Waals surface area contributed by atoms with Gasteiger partial charge < -0.3 is 24.8 Å². The number of nitrogens with one attached hydrogen (secondary N) is 1. The minimum Gasteiger partial charge on any atom is -0.450 e. The zero-order chi connectivity index (χ0) is 20.5. The number of ether oxygens (including phenoxy) is 1. The molecule has 0 unspecified atom stereocenters. The van der Waals surface area contributed by atoms with Crippen molar-refractivity contribution in [3.8, 4) is 0 Å². The Labute approximate surface area is 197 Å². The lowest BCUT2D eigenvalue weighted by Gasteiger charge is -2.35. The van der Waals surface area contributed by atoms with Crippen molar-refractivity contribution in [3.63, 3.8) is 0 Å². The lowest BCUT2D eigenvalue weighted by molar-refractivity contribution is 0.0914. The largest absolute Gasteiger partial charge is 0.450 e. The van der Waals surface area contributed by atoms with Crippen molar-refractivity contribution in [2.45, 2.75) is 39.7 Å². The lowest BCUT2D eigenvalue weighted by Crippen LogP contribution is -2.53. The molecule has 2 aliphatic rings. The molecule has 2 fully saturated rings. The van der Waals surface area contributed by atoms with Crippen LogP contribution in [0.3, 0.4) is 0 Å². The number of piperidine rings is 1. The van der Waals surface area contributed by atoms with Crippen molar-refractivity contribution in [1.29, 1.82) is 0 Å². The first kappa shape index (κ1) is 24.5. The number of carbonyl (C=O) groups excluding carboxylic acids is 1. The van der Waals surface area contributed by atoms with Crippen molar-refractivity contribution in [3.05, 3.63) is 23.9 Å². The molecule has 8 nitrogen and oxygen atoms in total. The molecule has 3 heterocycles. The number of carbonyl (C=O) groups is 1. The summed E-state index contributed by atoms with van der Waals surface area (Å²) in [5.41, 5.74) is 1.17. The maximum atomic E-state index is 11.9. The SMILES string of the molecule is CCNC(=NCc1ccnc(N2CCCCC2)c1)N1CCN(C(=O)OCC)CC1.I. The average molecular weight is 530 g/mol. The van der Waals surface area contributed by atoms with E-state index >= 15 is 0 Å². The summed E-state index contributed by atoms with van der Waals surface area (Å²) < 4.78 is 5.10. The number of halogens is 1. The molecule has 0 aromatic carbocycles. The molecule has 30 heavy (non-hydrogen) atoms. The standard InChI is InChI=1S/C21H34N6O2.HI/c1-3-22-20(26-12-14-27(15-13-26)21(28)29-4-2)24-17-18-8-9-23-19(16-18)25-10-6-5-7-11-25;/h8-9,16H,3-7,10-15,17H2,1-2H3,(H,22,24);1H. The summed E-state index contributed by atoms with van der Waals surface area (Å²) in [7, 11) is 0. The second kappa shape index (κ2) is 12.8. The molecule has 168 valence electrons. The van der Waals surface area contributed by atoms with Gasteiger partial charge in [-0.05, 0) is 50.8 Å². The molecule has 0 bridgehead atoms. The molecule has 1 amide bonds. The number of nitrogens with zero attached hydrogens (tertiary/aromatic N) is 5. The highest BCUT2D eigenvalue weighted by Gasteiger charge is 2.23. The molecule has 2 aliphatic heterocycles. The fraction of sp³-hybridized carbons (Fsp3) is 0.667. The van der Waals surface area contributed by atoms with E-state index in [1.165, 1.54) is 24.8 Å². The first-order valence-corrected chi connectivity index (χ1v) is 10.9. The smallest absolute Gasteiger partial charge is 0.409 e. The van der Waals surface area contributed by atoms with E-state index in [2.05, 4.69) is 33.1 Å². The number of hydrogen-bond donors (Lipinski definition) is 1. The Morgan fingerprint density at radius 1 is 1.10 bits per heavy atom. The molecule has 0 atom stereocenters. The van der Waals surface area contributed by atoms with Gasteiger partial charge in [-0.15, -0.1) is 24.0 Å². The van der Waals surface area contributed by atoms with E-state index in [4.69, 9.17) is 9.73 Å². The van der Waals surface area contributed by atoms with Gasteiger partial charge in [0.1, 0.15) is 5.82 Å². The summed E-state index contributed by atoms with van der Waals surface area (Å²) in [6.07, 6.45) is 5.46. The fourth-order valence-corrected chi connectivity index (χ4v) is 3.76. The number of piperazine rings is 1. The molecule has 0 saturated carbocycles. The molecule has 1 N–H and O–H groups in total. The molecule has 0 aliphatic carbocycles. The zero-order valence-corrected chi connectivity index (χ0v) is 20.5. The zero-order valence-electron chi connectivity index (χ0n) is 18.2. The van der Waals surface area contributed by atoms with E-state index < -0.39 is 0 Å². The number of amides is 1. The molecule has 0 radical (unpaired) electrons. The van der Waals surface area contributed by atoms with Crippen molar-refractivity contribution < 1.29 is 9.53 Å². The lowest BCUT2D eigenvalue weighted by atomic mass is 10.1. The highest BCUT2D eigenvalue weighted by molar-refractivity contribution is 14.0. The molecule has 0 spiro atoms. The Bertz CT molecular complexity index is 688. The number of guanidine groups is 1. The van der Waals surface area contributed by atoms with Crippen molar-refractivity contribution in [2.24, 2.45) is 4.99 Å². The number of pyridine rings is 1. The van der Waals surface area contributed by atoms with Gasteiger partial charge in [0.2, 0.25) is 0 Å². The van der Waals surface area contributed by atoms with Crippen LogP contribution in [0.25, 0.3) is 0 Å². The van der Waals surface area contributed by atoms with Crippen LogP contribution < -0.4 is 10.2 Å². The van der Waals surface area contributed by atoms with Crippen molar-refractivity contribution in [1.82, 2.24) is 20.1 Å². The van der Waals surface area contributed by atoms with E-state index in [-0.39, 0.29) is 30.1 Å². The van der Waals surface area contributed by atoms with Gasteiger partial charge in [-0.3, -0.25) is 0 Å². The first-order valence-electron chi connectivity index (χ1n) is 10.9. The maximum Gasteiger partial charge on any atom is 0.409 e. The molecular weight excluding hydrogens is 495 g/mol. The van der Waals surface area contributed by atoms with E-state index in [1.807, 2.05) is 19.2 Å². The molecule has 9 heteroatoms. The minimum atomic E-state index is -0.226. The van der Waals surface area contributed by atoms with Crippen LogP contribution in [0.2, 0.25) is 0 Å². The summed E-state index contributed by atoms with van der Waals surface area (Å²) in [5, 5.41) is 3.38. The molecule has 1 aromatic rings. The Balaban J connectivity index is 0.00000320. The summed E-state index contributed by atoms with van der Waals surface area (Å²) in [4.78, 5) is 27.7. The monoisotopic (exact) mass is 530 g/mol. The van der Waals surface area contributed by atoms with Gasteiger partial charge in [0, 0.05) is 52.0 Å². The summed E-state index contributed by atoms with van der Waals surface area (Å²) in [6.45, 7) is 10.7. The van der Waals surface area contributed by atoms with Crippen LogP contribution in [0, 0.1) is 0 Å². The van der Waals surface area contributed by atoms with E-state index in [1.54, 1.807) is 4.90 Å². The number of aromatic nitrogens is 1. The van der Waals surface area contributed by atoms with Gasteiger partial charge in [-0.25, -0.2) is 14.8 Å². The van der Waals surface area contributed by atoms with E-state index in [0.717, 1.165) is 44.5 Å². The molecule has 3 rings (SSSR count). The average Bonchev–Trinajstić information content (AvgIpc) is 2.78. The number of hydrogen-bond acceptors (Lipinski definition) is 5. The van der Waals surface area contributed by atoms with Gasteiger partial charge in [0.25, 0.3) is 0 Å². The maximum absolute atomic E-state index is 11.9. The summed E-state index contributed by atoms with van der Waals surface area (Å²) in [6, 6.07) is 4.20. The quantitative estimate of drug-likeness (QED) is 0.359. The fourth-order valence-electron chi connectivity index (χ4n) is 3.76. The summed E-state index contributed by atoms with van der Waals surface area (Å²) in [5.74, 6) is 1.96. The molecule has 1 aromatic heterocycles. The van der Waals surface area contributed by atoms with E-state index in [0.29, 0.717) is 26.2 Å². The van der Waals surface area contributed by atoms with Crippen LogP contribution >= 0.6 is 24.0 Å². The number of anilines is 1. The second-order valence-corrected chi connectivity index (χ2v) is 7.41. The Morgan fingerprint density at radius 2 is 1.80 bits per heavy atom. The number of aliphatic imine (C=N–C) groups is 1. The first-order chi connectivity index (χ1) is 14.2. The van der Waals surface area contributed by atoms with Crippen LogP contribution in [0.15, 0.2) is 23.3 Å². The third-order valence-corrected chi connectivity index (χ3v) is 5.34. The Morgan fingerprint density at radius 3 is 2.47 bits per heavy atom. The Kier molecular flexibility index (Phi) is 10.5. The van der Waals surface area contributed by atoms with Gasteiger partial charge in [-0.1, -0.05) is 0 Å². The van der Waals surface area contributed by atoms with Gasteiger partial charge in [0.05, 0.1) is 13.2 Å². The van der Waals surface area contributed by atoms with E-state index in [9.17, 15) is 4.79 Å². The predicted molar refractivity (Wildman–Crippen MR) is 131 cm³/mol.